The molecular weight excluding hydrogens is 252 g/mol. The molecular formula is C16H24N2O2. The Kier molecular flexibility index (Phi) is 4.24. The molecule has 0 saturated carbocycles. The molecule has 20 heavy (non-hydrogen) atoms. The summed E-state index contributed by atoms with van der Waals surface area (Å²) in [4.78, 5) is 4.81. The zero-order valence-electron chi connectivity index (χ0n) is 12.2. The molecule has 0 aromatic heterocycles. The van der Waals surface area contributed by atoms with Gasteiger partial charge in [-0.2, -0.15) is 0 Å². The number of aliphatic hydroxyl groups is 1. The van der Waals surface area contributed by atoms with Crippen LogP contribution < -0.4 is 4.74 Å². The third-order valence-corrected chi connectivity index (χ3v) is 4.30. The number of hydrogen-bond donors (Lipinski definition) is 1. The highest BCUT2D eigenvalue weighted by Gasteiger charge is 2.26. The maximum absolute atomic E-state index is 8.96. The highest BCUT2D eigenvalue weighted by atomic mass is 16.5. The molecule has 110 valence electrons. The summed E-state index contributed by atoms with van der Waals surface area (Å²) in [6.45, 7) is 8.48. The molecule has 1 N–H and O–H groups in total. The maximum Gasteiger partial charge on any atom is 0.123 e. The van der Waals surface area contributed by atoms with Gasteiger partial charge in [-0.15, -0.1) is 0 Å². The van der Waals surface area contributed by atoms with Gasteiger partial charge in [0.25, 0.3) is 0 Å². The Morgan fingerprint density at radius 2 is 1.95 bits per heavy atom. The lowest BCUT2D eigenvalue weighted by molar-refractivity contribution is 0.0826. The lowest BCUT2D eigenvalue weighted by Crippen LogP contribution is -2.49. The average molecular weight is 276 g/mol. The first-order chi connectivity index (χ1) is 9.74. The van der Waals surface area contributed by atoms with E-state index in [1.165, 1.54) is 11.1 Å². The Hall–Kier alpha value is -1.10. The second-order valence-corrected chi connectivity index (χ2v) is 5.92. The van der Waals surface area contributed by atoms with Crippen LogP contribution in [0.2, 0.25) is 0 Å². The van der Waals surface area contributed by atoms with E-state index in [4.69, 9.17) is 9.84 Å². The fourth-order valence-electron chi connectivity index (χ4n) is 3.18. The number of benzene rings is 1. The molecule has 1 saturated heterocycles. The molecule has 1 fully saturated rings. The van der Waals surface area contributed by atoms with Crippen molar-refractivity contribution >= 4 is 0 Å². The summed E-state index contributed by atoms with van der Waals surface area (Å²) >= 11 is 0. The first-order valence-corrected chi connectivity index (χ1v) is 7.56. The van der Waals surface area contributed by atoms with E-state index < -0.39 is 0 Å². The normalized spacial score (nSPS) is 23.6. The summed E-state index contributed by atoms with van der Waals surface area (Å²) < 4.78 is 6.04. The van der Waals surface area contributed by atoms with Crippen molar-refractivity contribution in [3.8, 4) is 5.75 Å². The molecule has 1 atom stereocenters. The van der Waals surface area contributed by atoms with Crippen LogP contribution in [0, 0.1) is 6.92 Å². The van der Waals surface area contributed by atoms with Crippen LogP contribution in [-0.2, 0) is 6.42 Å². The molecule has 0 spiro atoms. The number of aryl methyl sites for hydroxylation is 1. The molecule has 2 aliphatic rings. The van der Waals surface area contributed by atoms with Crippen molar-refractivity contribution in [2.24, 2.45) is 0 Å². The van der Waals surface area contributed by atoms with Gasteiger partial charge in [-0.25, -0.2) is 0 Å². The summed E-state index contributed by atoms with van der Waals surface area (Å²) in [7, 11) is 0. The smallest absolute Gasteiger partial charge is 0.123 e. The molecule has 0 amide bonds. The van der Waals surface area contributed by atoms with Crippen LogP contribution in [0.5, 0.6) is 5.75 Å². The van der Waals surface area contributed by atoms with Crippen molar-refractivity contribution in [1.82, 2.24) is 9.80 Å². The van der Waals surface area contributed by atoms with Gasteiger partial charge in [0.05, 0.1) is 6.61 Å². The number of nitrogens with zero attached hydrogens (tertiary/aromatic N) is 2. The van der Waals surface area contributed by atoms with E-state index in [9.17, 15) is 0 Å². The zero-order chi connectivity index (χ0) is 13.9. The highest BCUT2D eigenvalue weighted by molar-refractivity contribution is 5.40. The zero-order valence-corrected chi connectivity index (χ0v) is 12.2. The summed E-state index contributed by atoms with van der Waals surface area (Å²) in [6.07, 6.45) is 1.34. The number of aliphatic hydroxyl groups excluding tert-OH is 1. The van der Waals surface area contributed by atoms with Gasteiger partial charge in [-0.05, 0) is 18.6 Å². The molecule has 0 aliphatic carbocycles. The van der Waals surface area contributed by atoms with Crippen LogP contribution in [0.15, 0.2) is 18.2 Å². The summed E-state index contributed by atoms with van der Waals surface area (Å²) in [6, 6.07) is 6.47. The molecule has 0 radical (unpaired) electrons. The minimum absolute atomic E-state index is 0.264. The van der Waals surface area contributed by atoms with E-state index >= 15 is 0 Å². The molecule has 4 heteroatoms. The molecule has 1 aromatic rings. The number of piperazine rings is 1. The van der Waals surface area contributed by atoms with E-state index in [2.05, 4.69) is 34.9 Å². The van der Waals surface area contributed by atoms with Gasteiger partial charge < -0.3 is 9.84 Å². The quantitative estimate of drug-likeness (QED) is 0.887. The number of fused-ring (bicyclic) bond motifs is 1. The third-order valence-electron chi connectivity index (χ3n) is 4.30. The van der Waals surface area contributed by atoms with Crippen LogP contribution in [0.1, 0.15) is 11.1 Å². The second kappa shape index (κ2) is 6.12. The molecule has 0 bridgehead atoms. The molecule has 3 rings (SSSR count). The van der Waals surface area contributed by atoms with Crippen molar-refractivity contribution in [3.63, 3.8) is 0 Å². The predicted octanol–water partition coefficient (Wildman–Crippen LogP) is 0.908. The summed E-state index contributed by atoms with van der Waals surface area (Å²) in [5.41, 5.74) is 2.67. The number of rotatable bonds is 4. The lowest BCUT2D eigenvalue weighted by Gasteiger charge is -2.35. The van der Waals surface area contributed by atoms with Crippen LogP contribution in [-0.4, -0.2) is 66.9 Å². The Morgan fingerprint density at radius 3 is 2.70 bits per heavy atom. The van der Waals surface area contributed by atoms with E-state index in [-0.39, 0.29) is 6.61 Å². The molecule has 4 nitrogen and oxygen atoms in total. The van der Waals surface area contributed by atoms with Crippen LogP contribution in [0.4, 0.5) is 0 Å². The van der Waals surface area contributed by atoms with Crippen molar-refractivity contribution < 1.29 is 9.84 Å². The van der Waals surface area contributed by atoms with E-state index in [1.807, 2.05) is 0 Å². The highest BCUT2D eigenvalue weighted by Crippen LogP contribution is 2.29. The minimum atomic E-state index is 0.264. The van der Waals surface area contributed by atoms with Crippen LogP contribution >= 0.6 is 0 Å². The fourth-order valence-corrected chi connectivity index (χ4v) is 3.18. The Labute approximate surface area is 120 Å². The van der Waals surface area contributed by atoms with Crippen molar-refractivity contribution in [2.45, 2.75) is 19.4 Å². The van der Waals surface area contributed by atoms with Gasteiger partial charge in [-0.3, -0.25) is 9.80 Å². The Balaban J connectivity index is 1.49. The van der Waals surface area contributed by atoms with Gasteiger partial charge in [0.1, 0.15) is 11.9 Å². The molecule has 1 unspecified atom stereocenters. The largest absolute Gasteiger partial charge is 0.488 e. The molecule has 2 aliphatic heterocycles. The Morgan fingerprint density at radius 1 is 1.20 bits per heavy atom. The maximum atomic E-state index is 8.96. The van der Waals surface area contributed by atoms with E-state index in [0.29, 0.717) is 6.10 Å². The predicted molar refractivity (Wildman–Crippen MR) is 79.3 cm³/mol. The first kappa shape index (κ1) is 13.9. The van der Waals surface area contributed by atoms with Crippen LogP contribution in [0.3, 0.4) is 0 Å². The van der Waals surface area contributed by atoms with Crippen LogP contribution in [0.25, 0.3) is 0 Å². The first-order valence-electron chi connectivity index (χ1n) is 7.56. The van der Waals surface area contributed by atoms with E-state index in [0.717, 1.165) is 51.4 Å². The summed E-state index contributed by atoms with van der Waals surface area (Å²) in [5, 5.41) is 8.96. The third kappa shape index (κ3) is 3.14. The second-order valence-electron chi connectivity index (χ2n) is 5.92. The van der Waals surface area contributed by atoms with Crippen molar-refractivity contribution in [3.05, 3.63) is 29.3 Å². The molecule has 2 heterocycles. The fraction of sp³-hybridized carbons (Fsp3) is 0.625. The number of hydrogen-bond acceptors (Lipinski definition) is 4. The van der Waals surface area contributed by atoms with Crippen molar-refractivity contribution in [2.75, 3.05) is 45.9 Å². The minimum Gasteiger partial charge on any atom is -0.488 e. The molecule has 1 aromatic carbocycles. The van der Waals surface area contributed by atoms with Crippen molar-refractivity contribution in [1.29, 1.82) is 0 Å². The van der Waals surface area contributed by atoms with Gasteiger partial charge in [0, 0.05) is 45.7 Å². The van der Waals surface area contributed by atoms with E-state index in [1.54, 1.807) is 0 Å². The van der Waals surface area contributed by atoms with Gasteiger partial charge in [0.15, 0.2) is 0 Å². The van der Waals surface area contributed by atoms with Gasteiger partial charge in [0.2, 0.25) is 0 Å². The van der Waals surface area contributed by atoms with Gasteiger partial charge in [-0.1, -0.05) is 17.7 Å². The Bertz CT molecular complexity index is 456. The lowest BCUT2D eigenvalue weighted by atomic mass is 10.1. The topological polar surface area (TPSA) is 35.9 Å². The number of β-amino-alcohol motifs (C(OH)–C–C–N with tert-alkyl or cyclic N) is 1. The number of ether oxygens (including phenoxy) is 1. The average Bonchev–Trinajstić information content (AvgIpc) is 2.82. The SMILES string of the molecule is Cc1ccc2c(c1)CC(CN1CCN(CCO)CC1)O2. The summed E-state index contributed by atoms with van der Waals surface area (Å²) in [5.74, 6) is 1.07. The van der Waals surface area contributed by atoms with Gasteiger partial charge >= 0.3 is 0 Å². The standard InChI is InChI=1S/C16H24N2O2/c1-13-2-3-16-14(10-13)11-15(20-16)12-18-6-4-17(5-7-18)8-9-19/h2-3,10,15,19H,4-9,11-12H2,1H3. The monoisotopic (exact) mass is 276 g/mol.